The molecule has 0 aliphatic heterocycles. The maximum absolute atomic E-state index is 10.9. The van der Waals surface area contributed by atoms with Crippen molar-refractivity contribution in [3.63, 3.8) is 0 Å². The second-order valence-corrected chi connectivity index (χ2v) is 4.71. The third kappa shape index (κ3) is 3.56. The molecule has 7 heteroatoms. The summed E-state index contributed by atoms with van der Waals surface area (Å²) < 4.78 is 0. The van der Waals surface area contributed by atoms with Crippen LogP contribution in [0.4, 0.5) is 17.3 Å². The van der Waals surface area contributed by atoms with Crippen LogP contribution in [-0.4, -0.2) is 41.3 Å². The number of nitrogens with zero attached hydrogens (tertiary/aromatic N) is 3. The Labute approximate surface area is 106 Å². The molecule has 0 atom stereocenters. The quantitative estimate of drug-likeness (QED) is 0.606. The molecular formula is C11H18N4O3. The molecule has 18 heavy (non-hydrogen) atoms. The number of nitro groups is 1. The molecule has 0 aliphatic rings. The van der Waals surface area contributed by atoms with Crippen LogP contribution in [-0.2, 0) is 0 Å². The van der Waals surface area contributed by atoms with Crippen LogP contribution in [0.2, 0.25) is 0 Å². The standard InChI is InChI=1S/C11H18N4O3/c1-11(2,16)7-14(4)10-8(15(17)18)5-6-9(12-3)13-10/h5-6,16H,7H2,1-4H3,(H,12,13). The van der Waals surface area contributed by atoms with Crippen LogP contribution in [0, 0.1) is 10.1 Å². The van der Waals surface area contributed by atoms with E-state index in [1.54, 1.807) is 38.9 Å². The van der Waals surface area contributed by atoms with Gasteiger partial charge in [0.15, 0.2) is 0 Å². The summed E-state index contributed by atoms with van der Waals surface area (Å²) in [5.74, 6) is 0.771. The molecule has 0 spiro atoms. The van der Waals surface area contributed by atoms with Crippen molar-refractivity contribution < 1.29 is 10.0 Å². The van der Waals surface area contributed by atoms with Crippen LogP contribution in [0.1, 0.15) is 13.8 Å². The molecule has 0 saturated heterocycles. The second-order valence-electron chi connectivity index (χ2n) is 4.71. The van der Waals surface area contributed by atoms with Crippen molar-refractivity contribution in [3.8, 4) is 0 Å². The molecule has 1 aromatic rings. The van der Waals surface area contributed by atoms with Gasteiger partial charge in [-0.1, -0.05) is 0 Å². The SMILES string of the molecule is CNc1ccc([N+](=O)[O-])c(N(C)CC(C)(C)O)n1. The third-order valence-electron chi connectivity index (χ3n) is 2.29. The van der Waals surface area contributed by atoms with Gasteiger partial charge in [0.1, 0.15) is 5.82 Å². The minimum atomic E-state index is -0.958. The van der Waals surface area contributed by atoms with E-state index in [9.17, 15) is 15.2 Å². The Morgan fingerprint density at radius 2 is 2.17 bits per heavy atom. The number of hydrogen-bond acceptors (Lipinski definition) is 6. The van der Waals surface area contributed by atoms with Crippen LogP contribution < -0.4 is 10.2 Å². The van der Waals surface area contributed by atoms with E-state index in [1.807, 2.05) is 0 Å². The van der Waals surface area contributed by atoms with Gasteiger partial charge in [-0.3, -0.25) is 10.1 Å². The number of rotatable bonds is 5. The Morgan fingerprint density at radius 1 is 1.56 bits per heavy atom. The number of pyridine rings is 1. The molecule has 1 heterocycles. The van der Waals surface area contributed by atoms with E-state index in [0.29, 0.717) is 5.82 Å². The van der Waals surface area contributed by atoms with Gasteiger partial charge in [-0.2, -0.15) is 0 Å². The van der Waals surface area contributed by atoms with Gasteiger partial charge in [-0.15, -0.1) is 0 Å². The van der Waals surface area contributed by atoms with Crippen molar-refractivity contribution in [2.45, 2.75) is 19.4 Å². The highest BCUT2D eigenvalue weighted by molar-refractivity contribution is 5.61. The van der Waals surface area contributed by atoms with Crippen molar-refractivity contribution in [1.82, 2.24) is 4.98 Å². The van der Waals surface area contributed by atoms with Crippen LogP contribution in [0.15, 0.2) is 12.1 Å². The lowest BCUT2D eigenvalue weighted by molar-refractivity contribution is -0.384. The zero-order chi connectivity index (χ0) is 13.9. The molecule has 0 fully saturated rings. The summed E-state index contributed by atoms with van der Waals surface area (Å²) in [4.78, 5) is 16.2. The molecule has 1 rings (SSSR count). The summed E-state index contributed by atoms with van der Waals surface area (Å²) in [7, 11) is 3.35. The fraction of sp³-hybridized carbons (Fsp3) is 0.545. The highest BCUT2D eigenvalue weighted by Gasteiger charge is 2.23. The first kappa shape index (κ1) is 14.2. The summed E-state index contributed by atoms with van der Waals surface area (Å²) in [6, 6.07) is 2.94. The molecule has 1 aromatic heterocycles. The normalized spacial score (nSPS) is 11.2. The minimum absolute atomic E-state index is 0.0826. The highest BCUT2D eigenvalue weighted by atomic mass is 16.6. The Balaban J connectivity index is 3.14. The monoisotopic (exact) mass is 254 g/mol. The molecule has 0 saturated carbocycles. The van der Waals surface area contributed by atoms with Gasteiger partial charge in [0.2, 0.25) is 5.82 Å². The lowest BCUT2D eigenvalue weighted by Crippen LogP contribution is -2.37. The highest BCUT2D eigenvalue weighted by Crippen LogP contribution is 2.27. The largest absolute Gasteiger partial charge is 0.389 e. The lowest BCUT2D eigenvalue weighted by atomic mass is 10.1. The summed E-state index contributed by atoms with van der Waals surface area (Å²) in [5.41, 5.74) is -1.04. The Kier molecular flexibility index (Phi) is 4.07. The zero-order valence-electron chi connectivity index (χ0n) is 11.0. The molecular weight excluding hydrogens is 236 g/mol. The van der Waals surface area contributed by atoms with Gasteiger partial charge < -0.3 is 15.3 Å². The van der Waals surface area contributed by atoms with E-state index >= 15 is 0 Å². The molecule has 0 bridgehead atoms. The predicted molar refractivity (Wildman–Crippen MR) is 70.0 cm³/mol. The van der Waals surface area contributed by atoms with Gasteiger partial charge in [-0.25, -0.2) is 4.98 Å². The van der Waals surface area contributed by atoms with Gasteiger partial charge in [-0.05, 0) is 19.9 Å². The average molecular weight is 254 g/mol. The fourth-order valence-electron chi connectivity index (χ4n) is 1.66. The van der Waals surface area contributed by atoms with Crippen LogP contribution in [0.5, 0.6) is 0 Å². The molecule has 0 amide bonds. The first-order valence-corrected chi connectivity index (χ1v) is 5.51. The van der Waals surface area contributed by atoms with E-state index in [1.165, 1.54) is 6.07 Å². The number of nitrogens with one attached hydrogen (secondary N) is 1. The lowest BCUT2D eigenvalue weighted by Gasteiger charge is -2.26. The summed E-state index contributed by atoms with van der Waals surface area (Å²) in [6.45, 7) is 3.52. The zero-order valence-corrected chi connectivity index (χ0v) is 11.0. The molecule has 7 nitrogen and oxygen atoms in total. The third-order valence-corrected chi connectivity index (χ3v) is 2.29. The number of aliphatic hydroxyl groups is 1. The number of likely N-dealkylation sites (N-methyl/N-ethyl adjacent to an activating group) is 1. The average Bonchev–Trinajstić information content (AvgIpc) is 2.25. The molecule has 0 unspecified atom stereocenters. The van der Waals surface area contributed by atoms with Crippen LogP contribution in [0.3, 0.4) is 0 Å². The van der Waals surface area contributed by atoms with Gasteiger partial charge in [0.05, 0.1) is 10.5 Å². The predicted octanol–water partition coefficient (Wildman–Crippen LogP) is 1.24. The first-order valence-electron chi connectivity index (χ1n) is 5.51. The molecule has 100 valence electrons. The van der Waals surface area contributed by atoms with E-state index in [2.05, 4.69) is 10.3 Å². The molecule has 2 N–H and O–H groups in total. The number of anilines is 2. The van der Waals surface area contributed by atoms with E-state index in [4.69, 9.17) is 0 Å². The Morgan fingerprint density at radius 3 is 2.61 bits per heavy atom. The summed E-state index contributed by atoms with van der Waals surface area (Å²) >= 11 is 0. The van der Waals surface area contributed by atoms with E-state index < -0.39 is 10.5 Å². The van der Waals surface area contributed by atoms with Gasteiger partial charge in [0, 0.05) is 26.7 Å². The maximum Gasteiger partial charge on any atom is 0.311 e. The topological polar surface area (TPSA) is 91.5 Å². The number of aromatic nitrogens is 1. The number of hydrogen-bond donors (Lipinski definition) is 2. The van der Waals surface area contributed by atoms with E-state index in [0.717, 1.165) is 0 Å². The molecule has 0 aromatic carbocycles. The van der Waals surface area contributed by atoms with Crippen molar-refractivity contribution in [2.75, 3.05) is 30.9 Å². The Bertz CT molecular complexity index is 442. The summed E-state index contributed by atoms with van der Waals surface area (Å²) in [5, 5.41) is 23.5. The minimum Gasteiger partial charge on any atom is -0.389 e. The first-order chi connectivity index (χ1) is 8.24. The molecule has 0 radical (unpaired) electrons. The van der Waals surface area contributed by atoms with Crippen molar-refractivity contribution in [2.24, 2.45) is 0 Å². The van der Waals surface area contributed by atoms with Gasteiger partial charge >= 0.3 is 5.69 Å². The van der Waals surface area contributed by atoms with Crippen molar-refractivity contribution >= 4 is 17.3 Å². The van der Waals surface area contributed by atoms with Crippen molar-refractivity contribution in [1.29, 1.82) is 0 Å². The van der Waals surface area contributed by atoms with Crippen molar-refractivity contribution in [3.05, 3.63) is 22.2 Å². The smallest absolute Gasteiger partial charge is 0.311 e. The van der Waals surface area contributed by atoms with Crippen LogP contribution >= 0.6 is 0 Å². The van der Waals surface area contributed by atoms with Crippen LogP contribution in [0.25, 0.3) is 0 Å². The van der Waals surface area contributed by atoms with E-state index in [-0.39, 0.29) is 18.1 Å². The fourth-order valence-corrected chi connectivity index (χ4v) is 1.66. The molecule has 0 aliphatic carbocycles. The summed E-state index contributed by atoms with van der Waals surface area (Å²) in [6.07, 6.45) is 0. The van der Waals surface area contributed by atoms with Gasteiger partial charge in [0.25, 0.3) is 0 Å². The second kappa shape index (κ2) is 5.18. The Hall–Kier alpha value is -1.89. The maximum atomic E-state index is 10.9.